The van der Waals surface area contributed by atoms with Crippen LogP contribution in [-0.4, -0.2) is 32.4 Å². The quantitative estimate of drug-likeness (QED) is 0.123. The molecule has 0 amide bonds. The number of alkyl halides is 6. The fourth-order valence-electron chi connectivity index (χ4n) is 1.19. The van der Waals surface area contributed by atoms with E-state index in [-0.39, 0.29) is 0 Å². The fourth-order valence-corrected chi connectivity index (χ4v) is 6.22. The smallest absolute Gasteiger partial charge is 0.485 e. The molecule has 0 aliphatic carbocycles. The summed E-state index contributed by atoms with van der Waals surface area (Å²) in [5.74, 6) is 7.70. The first kappa shape index (κ1) is 29.5. The minimum absolute atomic E-state index is 0.354. The van der Waals surface area contributed by atoms with E-state index in [9.17, 15) is 34.8 Å². The first-order valence-corrected chi connectivity index (χ1v) is 13.7. The van der Waals surface area contributed by atoms with Crippen molar-refractivity contribution in [3.8, 4) is 21.7 Å². The topological polar surface area (TPSA) is 101 Å². The molecule has 0 heterocycles. The molecule has 0 aromatic heterocycles. The van der Waals surface area contributed by atoms with Gasteiger partial charge in [-0.15, -0.1) is 0 Å². The van der Waals surface area contributed by atoms with E-state index in [0.29, 0.717) is 9.99 Å². The Labute approximate surface area is 183 Å². The number of rotatable bonds is 5. The van der Waals surface area contributed by atoms with Crippen molar-refractivity contribution in [1.82, 2.24) is 0 Å². The van der Waals surface area contributed by atoms with Crippen LogP contribution in [0.25, 0.3) is 0 Å². The molecule has 0 bridgehead atoms. The third-order valence-corrected chi connectivity index (χ3v) is 9.12. The summed E-state index contributed by atoms with van der Waals surface area (Å²) < 4.78 is 126. The molecule has 1 aromatic rings. The number of hydrogen-bond acceptors (Lipinski definition) is 6. The second-order valence-electron chi connectivity index (χ2n) is 5.03. The van der Waals surface area contributed by atoms with Gasteiger partial charge in [0.1, 0.15) is 0 Å². The van der Waals surface area contributed by atoms with Gasteiger partial charge >= 0.3 is 147 Å². The summed E-state index contributed by atoms with van der Waals surface area (Å²) in [6.07, 6.45) is 2.50. The van der Waals surface area contributed by atoms with Gasteiger partial charge in [0.2, 0.25) is 0 Å². The average molecular weight is 607 g/mol. The predicted molar refractivity (Wildman–Crippen MR) is 106 cm³/mol. The second-order valence-corrected chi connectivity index (χ2v) is 12.2. The predicted octanol–water partition coefficient (Wildman–Crippen LogP) is 4.35. The van der Waals surface area contributed by atoms with Gasteiger partial charge in [-0.2, -0.15) is 13.2 Å². The van der Waals surface area contributed by atoms with Gasteiger partial charge < -0.3 is 4.55 Å². The second kappa shape index (κ2) is 12.5. The van der Waals surface area contributed by atoms with E-state index in [0.717, 1.165) is 12.8 Å². The van der Waals surface area contributed by atoms with E-state index in [1.807, 2.05) is 6.92 Å². The summed E-state index contributed by atoms with van der Waals surface area (Å²) >= 11 is -3.35. The van der Waals surface area contributed by atoms with Gasteiger partial charge in [-0.25, -0.2) is 8.42 Å². The van der Waals surface area contributed by atoms with Crippen molar-refractivity contribution in [2.75, 3.05) is 0 Å². The summed E-state index contributed by atoms with van der Waals surface area (Å²) in [6, 6.07) is 7.82. The molecule has 0 N–H and O–H groups in total. The molecule has 0 saturated carbocycles. The number of unbranched alkanes of at least 4 members (excludes halogenated alkanes) is 2. The van der Waals surface area contributed by atoms with Crippen molar-refractivity contribution in [2.24, 2.45) is 0 Å². The van der Waals surface area contributed by atoms with Crippen LogP contribution in [0.3, 0.4) is 0 Å². The Morgan fingerprint density at radius 2 is 1.48 bits per heavy atom. The first-order chi connectivity index (χ1) is 14.0. The summed E-state index contributed by atoms with van der Waals surface area (Å²) in [5.41, 5.74) is -11.1. The Hall–Kier alpha value is -1.53. The average Bonchev–Trinajstić information content (AvgIpc) is 2.62. The molecule has 0 unspecified atom stereocenters. The Bertz CT molecular complexity index is 1030. The van der Waals surface area contributed by atoms with Crippen LogP contribution in [0.15, 0.2) is 30.3 Å². The molecule has 31 heavy (non-hydrogen) atoms. The van der Waals surface area contributed by atoms with Gasteiger partial charge in [-0.05, 0) is 0 Å². The molecule has 0 aliphatic heterocycles. The first-order valence-electron chi connectivity index (χ1n) is 7.80. The third-order valence-electron chi connectivity index (χ3n) is 2.58. The molecule has 0 spiro atoms. The standard InChI is InChI=1S/C15H14F3IO3S.CHF3O3S/c1-2-3-4-5-6-10-13-19(14-11-8-7-9-12-14)22-23(20,21)15(16,17)18;2-1(3,4)8(5,6)7/h7-9,11-12H,2-4H2,1H3;(H,5,6,7)/p-1. The van der Waals surface area contributed by atoms with Crippen molar-refractivity contribution in [3.05, 3.63) is 33.9 Å². The number of halogens is 7. The van der Waals surface area contributed by atoms with Crippen molar-refractivity contribution in [1.29, 1.82) is 0 Å². The maximum absolute atomic E-state index is 12.5. The molecule has 0 radical (unpaired) electrons. The van der Waals surface area contributed by atoms with Gasteiger partial charge in [-0.3, -0.25) is 0 Å². The molecule has 176 valence electrons. The van der Waals surface area contributed by atoms with E-state index >= 15 is 0 Å². The minimum atomic E-state index is -6.09. The SMILES string of the molecule is CCCCC#CC#CI(OS(=O)(=O)C(F)(F)F)c1ccccc1.O=S(=O)([O-])C(F)(F)F. The Balaban J connectivity index is 0.000000954. The molecule has 15 heteroatoms. The molecule has 1 rings (SSSR count). The van der Waals surface area contributed by atoms with Crippen molar-refractivity contribution in [3.63, 3.8) is 0 Å². The zero-order chi connectivity index (χ0) is 24.3. The van der Waals surface area contributed by atoms with E-state index in [2.05, 4.69) is 24.2 Å². The van der Waals surface area contributed by atoms with Gasteiger partial charge in [-0.1, -0.05) is 0 Å². The normalized spacial score (nSPS) is 12.3. The molecule has 0 atom stereocenters. The maximum atomic E-state index is 12.5. The zero-order valence-corrected chi connectivity index (χ0v) is 19.2. The van der Waals surface area contributed by atoms with Gasteiger partial charge in [0.25, 0.3) is 0 Å². The van der Waals surface area contributed by atoms with Crippen LogP contribution in [-0.2, 0) is 22.7 Å². The Kier molecular flexibility index (Phi) is 11.9. The molecular formula is C16H14F6IO6S2-. The molecule has 0 aliphatic rings. The third kappa shape index (κ3) is 11.6. The molecular weight excluding hydrogens is 593 g/mol. The van der Waals surface area contributed by atoms with Crippen LogP contribution in [0.4, 0.5) is 26.3 Å². The maximum Gasteiger partial charge on any atom is 0.485 e. The fraction of sp³-hybridized carbons (Fsp3) is 0.375. The van der Waals surface area contributed by atoms with E-state index in [1.165, 1.54) is 12.1 Å². The van der Waals surface area contributed by atoms with Crippen molar-refractivity contribution in [2.45, 2.75) is 37.2 Å². The summed E-state index contributed by atoms with van der Waals surface area (Å²) in [6.45, 7) is 2.00. The van der Waals surface area contributed by atoms with Crippen LogP contribution in [0.2, 0.25) is 0 Å². The van der Waals surface area contributed by atoms with E-state index < -0.39 is 51.5 Å². The monoisotopic (exact) mass is 607 g/mol. The van der Waals surface area contributed by atoms with Gasteiger partial charge in [0.05, 0.1) is 0 Å². The number of benzene rings is 1. The zero-order valence-electron chi connectivity index (χ0n) is 15.4. The molecule has 1 aromatic carbocycles. The van der Waals surface area contributed by atoms with Crippen LogP contribution in [0.1, 0.15) is 26.2 Å². The minimum Gasteiger partial charge on any atom is -0.741 e. The van der Waals surface area contributed by atoms with Crippen LogP contribution in [0.5, 0.6) is 0 Å². The van der Waals surface area contributed by atoms with Crippen LogP contribution < -0.4 is 0 Å². The van der Waals surface area contributed by atoms with Crippen molar-refractivity contribution >= 4 is 40.5 Å². The van der Waals surface area contributed by atoms with Crippen LogP contribution >= 0.6 is 20.2 Å². The van der Waals surface area contributed by atoms with Crippen LogP contribution in [0, 0.1) is 25.3 Å². The molecule has 0 saturated heterocycles. The Morgan fingerprint density at radius 3 is 1.90 bits per heavy atom. The Morgan fingerprint density at radius 1 is 0.968 bits per heavy atom. The molecule has 6 nitrogen and oxygen atoms in total. The summed E-state index contributed by atoms with van der Waals surface area (Å²) in [4.78, 5) is 0. The van der Waals surface area contributed by atoms with Gasteiger partial charge in [0, 0.05) is 0 Å². The largest absolute Gasteiger partial charge is 0.741 e. The molecule has 0 fully saturated rings. The van der Waals surface area contributed by atoms with E-state index in [4.69, 9.17) is 13.0 Å². The summed E-state index contributed by atoms with van der Waals surface area (Å²) in [5, 5.41) is 0. The van der Waals surface area contributed by atoms with Crippen molar-refractivity contribution < 1.29 is 50.2 Å². The van der Waals surface area contributed by atoms with Gasteiger partial charge in [0.15, 0.2) is 10.1 Å². The summed E-state index contributed by atoms with van der Waals surface area (Å²) in [7, 11) is -11.8. The van der Waals surface area contributed by atoms with E-state index in [1.54, 1.807) is 18.2 Å². The number of hydrogen-bond donors (Lipinski definition) is 0.